The number of rotatable bonds is 7. The highest BCUT2D eigenvalue weighted by molar-refractivity contribution is 6.03. The van der Waals surface area contributed by atoms with Gasteiger partial charge in [0.25, 0.3) is 0 Å². The molecule has 2 rings (SSSR count). The minimum absolute atomic E-state index is 0.162. The lowest BCUT2D eigenvalue weighted by atomic mass is 10.1. The van der Waals surface area contributed by atoms with Crippen LogP contribution in [0.15, 0.2) is 54.1 Å². The van der Waals surface area contributed by atoms with E-state index in [1.54, 1.807) is 36.4 Å². The summed E-state index contributed by atoms with van der Waals surface area (Å²) in [5, 5.41) is 9.24. The number of hydrogen-bond donors (Lipinski definition) is 0. The maximum absolute atomic E-state index is 12.4. The number of carbonyl (C=O) groups is 2. The lowest BCUT2D eigenvalue weighted by Gasteiger charge is -2.12. The molecule has 1 atom stereocenters. The average molecular weight is 363 g/mol. The summed E-state index contributed by atoms with van der Waals surface area (Å²) >= 11 is 0. The fourth-order valence-corrected chi connectivity index (χ4v) is 2.36. The third-order valence-corrected chi connectivity index (χ3v) is 3.83. The first-order valence-electron chi connectivity index (χ1n) is 8.61. The van der Waals surface area contributed by atoms with Crippen molar-refractivity contribution < 1.29 is 19.1 Å². The molecule has 0 spiro atoms. The molecule has 2 aromatic rings. The average Bonchev–Trinajstić information content (AvgIpc) is 2.67. The molecule has 0 saturated heterocycles. The lowest BCUT2D eigenvalue weighted by Crippen LogP contribution is -2.25. The first-order valence-corrected chi connectivity index (χ1v) is 8.61. The van der Waals surface area contributed by atoms with Crippen molar-refractivity contribution in [3.63, 3.8) is 0 Å². The van der Waals surface area contributed by atoms with Crippen LogP contribution in [0.3, 0.4) is 0 Å². The molecule has 0 bridgehead atoms. The standard InChI is InChI=1S/C22H21NO4/c1-4-26-20-11-9-18(10-12-20)21(24)16(3)27-22(25)19(14-23)13-17-7-5-15(2)6-8-17/h5-13,16H,4H2,1-3H3/b19-13+/t16-/m1/s1. The Morgan fingerprint density at radius 1 is 1.11 bits per heavy atom. The Labute approximate surface area is 158 Å². The van der Waals surface area contributed by atoms with E-state index in [0.717, 1.165) is 5.56 Å². The third kappa shape index (κ3) is 5.55. The van der Waals surface area contributed by atoms with Crippen molar-refractivity contribution in [2.24, 2.45) is 0 Å². The van der Waals surface area contributed by atoms with Crippen LogP contribution in [-0.4, -0.2) is 24.5 Å². The van der Waals surface area contributed by atoms with Gasteiger partial charge in [-0.2, -0.15) is 5.26 Å². The maximum Gasteiger partial charge on any atom is 0.349 e. The molecule has 0 heterocycles. The van der Waals surface area contributed by atoms with Gasteiger partial charge >= 0.3 is 5.97 Å². The van der Waals surface area contributed by atoms with Gasteiger partial charge in [0.2, 0.25) is 5.78 Å². The van der Waals surface area contributed by atoms with E-state index in [-0.39, 0.29) is 11.4 Å². The van der Waals surface area contributed by atoms with Crippen LogP contribution in [-0.2, 0) is 9.53 Å². The number of hydrogen-bond acceptors (Lipinski definition) is 5. The van der Waals surface area contributed by atoms with Crippen LogP contribution in [0.2, 0.25) is 0 Å². The molecule has 5 nitrogen and oxygen atoms in total. The fraction of sp³-hybridized carbons (Fsp3) is 0.227. The molecule has 0 aliphatic carbocycles. The molecule has 0 fully saturated rings. The van der Waals surface area contributed by atoms with Gasteiger partial charge in [-0.15, -0.1) is 0 Å². The first kappa shape index (κ1) is 19.9. The second-order valence-corrected chi connectivity index (χ2v) is 5.95. The van der Waals surface area contributed by atoms with Crippen LogP contribution in [0.25, 0.3) is 6.08 Å². The van der Waals surface area contributed by atoms with Gasteiger partial charge < -0.3 is 9.47 Å². The Bertz CT molecular complexity index is 874. The Hall–Kier alpha value is -3.39. The Balaban J connectivity index is 2.07. The Morgan fingerprint density at radius 2 is 1.74 bits per heavy atom. The van der Waals surface area contributed by atoms with Crippen molar-refractivity contribution >= 4 is 17.8 Å². The zero-order chi connectivity index (χ0) is 19.8. The molecule has 0 aliphatic rings. The van der Waals surface area contributed by atoms with Gasteiger partial charge in [0.1, 0.15) is 17.4 Å². The summed E-state index contributed by atoms with van der Waals surface area (Å²) in [6, 6.07) is 15.8. The minimum Gasteiger partial charge on any atom is -0.494 e. The van der Waals surface area contributed by atoms with Gasteiger partial charge in [0.15, 0.2) is 6.10 Å². The number of ketones is 1. The van der Waals surface area contributed by atoms with Crippen molar-refractivity contribution in [3.8, 4) is 11.8 Å². The molecule has 2 aromatic carbocycles. The normalized spacial score (nSPS) is 12.0. The number of esters is 1. The fourth-order valence-electron chi connectivity index (χ4n) is 2.36. The quantitative estimate of drug-likeness (QED) is 0.320. The number of aryl methyl sites for hydroxylation is 1. The second-order valence-electron chi connectivity index (χ2n) is 5.95. The molecule has 0 aromatic heterocycles. The predicted octanol–water partition coefficient (Wildman–Crippen LogP) is 4.12. The SMILES string of the molecule is CCOc1ccc(C(=O)[C@@H](C)OC(=O)/C(C#N)=C/c2ccc(C)cc2)cc1. The van der Waals surface area contributed by atoms with E-state index < -0.39 is 12.1 Å². The summed E-state index contributed by atoms with van der Waals surface area (Å²) in [4.78, 5) is 24.7. The number of nitriles is 1. The summed E-state index contributed by atoms with van der Waals surface area (Å²) in [5.74, 6) is -0.518. The molecule has 0 saturated carbocycles. The van der Waals surface area contributed by atoms with E-state index in [0.29, 0.717) is 23.5 Å². The van der Waals surface area contributed by atoms with Gasteiger partial charge in [-0.05, 0) is 56.7 Å². The maximum atomic E-state index is 12.4. The summed E-state index contributed by atoms with van der Waals surface area (Å²) in [6.45, 7) is 5.84. The van der Waals surface area contributed by atoms with Crippen LogP contribution in [0.5, 0.6) is 5.75 Å². The van der Waals surface area contributed by atoms with Gasteiger partial charge in [0, 0.05) is 5.56 Å². The monoisotopic (exact) mass is 363 g/mol. The number of benzene rings is 2. The molecule has 0 N–H and O–H groups in total. The van der Waals surface area contributed by atoms with Crippen molar-refractivity contribution in [2.45, 2.75) is 26.9 Å². The summed E-state index contributed by atoms with van der Waals surface area (Å²) in [6.07, 6.45) is 0.431. The lowest BCUT2D eigenvalue weighted by molar-refractivity contribution is -0.141. The van der Waals surface area contributed by atoms with E-state index in [2.05, 4.69) is 0 Å². The van der Waals surface area contributed by atoms with E-state index in [9.17, 15) is 14.9 Å². The van der Waals surface area contributed by atoms with E-state index in [1.165, 1.54) is 13.0 Å². The van der Waals surface area contributed by atoms with E-state index in [4.69, 9.17) is 9.47 Å². The molecule has 5 heteroatoms. The van der Waals surface area contributed by atoms with E-state index in [1.807, 2.05) is 32.0 Å². The summed E-state index contributed by atoms with van der Waals surface area (Å²) in [5.41, 5.74) is 2.02. The zero-order valence-electron chi connectivity index (χ0n) is 15.6. The molecular weight excluding hydrogens is 342 g/mol. The molecule has 0 amide bonds. The van der Waals surface area contributed by atoms with Gasteiger partial charge in [0.05, 0.1) is 6.61 Å². The molecule has 27 heavy (non-hydrogen) atoms. The van der Waals surface area contributed by atoms with Crippen LogP contribution in [0.4, 0.5) is 0 Å². The van der Waals surface area contributed by atoms with Crippen LogP contribution in [0.1, 0.15) is 35.3 Å². The third-order valence-electron chi connectivity index (χ3n) is 3.83. The molecule has 138 valence electrons. The van der Waals surface area contributed by atoms with Crippen LogP contribution >= 0.6 is 0 Å². The topological polar surface area (TPSA) is 76.4 Å². The highest BCUT2D eigenvalue weighted by Crippen LogP contribution is 2.16. The first-order chi connectivity index (χ1) is 12.9. The number of Topliss-reactive ketones (excluding diaryl/α,β-unsaturated/α-hetero) is 1. The van der Waals surface area contributed by atoms with Gasteiger partial charge in [-0.1, -0.05) is 29.8 Å². The highest BCUT2D eigenvalue weighted by atomic mass is 16.5. The number of ether oxygens (including phenoxy) is 2. The molecule has 0 aliphatic heterocycles. The smallest absolute Gasteiger partial charge is 0.349 e. The van der Waals surface area contributed by atoms with Crippen molar-refractivity contribution in [3.05, 3.63) is 70.8 Å². The Kier molecular flexibility index (Phi) is 6.90. The molecular formula is C22H21NO4. The van der Waals surface area contributed by atoms with Gasteiger partial charge in [-0.3, -0.25) is 4.79 Å². The molecule has 0 unspecified atom stereocenters. The molecule has 0 radical (unpaired) electrons. The second kappa shape index (κ2) is 9.35. The van der Waals surface area contributed by atoms with Crippen molar-refractivity contribution in [1.29, 1.82) is 5.26 Å². The number of carbonyl (C=O) groups excluding carboxylic acids is 2. The summed E-state index contributed by atoms with van der Waals surface area (Å²) < 4.78 is 10.5. The van der Waals surface area contributed by atoms with Crippen LogP contribution in [0, 0.1) is 18.3 Å². The van der Waals surface area contributed by atoms with Gasteiger partial charge in [-0.25, -0.2) is 4.79 Å². The van der Waals surface area contributed by atoms with Crippen molar-refractivity contribution in [1.82, 2.24) is 0 Å². The number of nitrogens with zero attached hydrogens (tertiary/aromatic N) is 1. The van der Waals surface area contributed by atoms with Crippen LogP contribution < -0.4 is 4.74 Å². The predicted molar refractivity (Wildman–Crippen MR) is 102 cm³/mol. The van der Waals surface area contributed by atoms with Crippen molar-refractivity contribution in [2.75, 3.05) is 6.61 Å². The zero-order valence-corrected chi connectivity index (χ0v) is 15.6. The minimum atomic E-state index is -1.01. The highest BCUT2D eigenvalue weighted by Gasteiger charge is 2.21. The summed E-state index contributed by atoms with van der Waals surface area (Å²) in [7, 11) is 0. The Morgan fingerprint density at radius 3 is 2.30 bits per heavy atom. The van der Waals surface area contributed by atoms with E-state index >= 15 is 0 Å². The largest absolute Gasteiger partial charge is 0.494 e.